The molecule has 0 aliphatic carbocycles. The summed E-state index contributed by atoms with van der Waals surface area (Å²) in [6.45, 7) is 4.29. The zero-order valence-corrected chi connectivity index (χ0v) is 17.6. The van der Waals surface area contributed by atoms with Gasteiger partial charge in [-0.1, -0.05) is 0 Å². The van der Waals surface area contributed by atoms with Crippen LogP contribution in [0.25, 0.3) is 0 Å². The fourth-order valence-corrected chi connectivity index (χ4v) is 4.79. The van der Waals surface area contributed by atoms with Crippen LogP contribution in [0.1, 0.15) is 32.6 Å². The van der Waals surface area contributed by atoms with Gasteiger partial charge in [-0.25, -0.2) is 9.59 Å². The molecular weight excluding hydrogens is 404 g/mol. The molecule has 0 aromatic carbocycles. The molecular formula is C21H28N4O6. The van der Waals surface area contributed by atoms with Crippen molar-refractivity contribution in [3.63, 3.8) is 0 Å². The number of hydrogen-bond donors (Lipinski definition) is 1. The highest BCUT2D eigenvalue weighted by molar-refractivity contribution is 5.87. The number of hydrogen-bond acceptors (Lipinski definition) is 7. The van der Waals surface area contributed by atoms with Crippen LogP contribution in [0.5, 0.6) is 0 Å². The van der Waals surface area contributed by atoms with E-state index in [0.29, 0.717) is 25.9 Å². The lowest BCUT2D eigenvalue weighted by atomic mass is 10.00. The average Bonchev–Trinajstić information content (AvgIpc) is 3.08. The van der Waals surface area contributed by atoms with E-state index < -0.39 is 24.5 Å². The predicted octanol–water partition coefficient (Wildman–Crippen LogP) is 1.95. The van der Waals surface area contributed by atoms with Crippen molar-refractivity contribution in [2.24, 2.45) is 0 Å². The first-order chi connectivity index (χ1) is 14.9. The van der Waals surface area contributed by atoms with Crippen LogP contribution in [0.4, 0.5) is 15.3 Å². The summed E-state index contributed by atoms with van der Waals surface area (Å²) in [5, 5.41) is 8.74. The summed E-state index contributed by atoms with van der Waals surface area (Å²) in [7, 11) is 0. The Balaban J connectivity index is 1.32. The highest BCUT2D eigenvalue weighted by atomic mass is 16.7. The molecule has 0 bridgehead atoms. The fraction of sp³-hybridized carbons (Fsp3) is 0.619. The van der Waals surface area contributed by atoms with Gasteiger partial charge >= 0.3 is 12.2 Å². The number of nitrogens with zero attached hydrogens (tertiary/aromatic N) is 4. The lowest BCUT2D eigenvalue weighted by Crippen LogP contribution is -2.52. The zero-order chi connectivity index (χ0) is 22.0. The Morgan fingerprint density at radius 1 is 1.10 bits per heavy atom. The van der Waals surface area contributed by atoms with Gasteiger partial charge in [0.2, 0.25) is 6.10 Å². The second-order valence-electron chi connectivity index (χ2n) is 8.28. The summed E-state index contributed by atoms with van der Waals surface area (Å²) in [4.78, 5) is 46.0. The van der Waals surface area contributed by atoms with E-state index in [4.69, 9.17) is 14.6 Å². The first-order valence-corrected chi connectivity index (χ1v) is 10.8. The van der Waals surface area contributed by atoms with Crippen molar-refractivity contribution in [3.8, 4) is 0 Å². The van der Waals surface area contributed by atoms with E-state index in [0.717, 1.165) is 31.6 Å². The average molecular weight is 432 g/mol. The van der Waals surface area contributed by atoms with E-state index in [-0.39, 0.29) is 18.0 Å². The summed E-state index contributed by atoms with van der Waals surface area (Å²) in [5.41, 5.74) is 1.12. The molecule has 1 N–H and O–H groups in total. The van der Waals surface area contributed by atoms with Gasteiger partial charge in [0.15, 0.2) is 0 Å². The summed E-state index contributed by atoms with van der Waals surface area (Å²) in [6.07, 6.45) is 3.10. The minimum absolute atomic E-state index is 0.0353. The topological polar surface area (TPSA) is 113 Å². The van der Waals surface area contributed by atoms with Crippen LogP contribution in [-0.4, -0.2) is 88.5 Å². The lowest BCUT2D eigenvalue weighted by molar-refractivity contribution is -0.141. The maximum atomic E-state index is 13.0. The van der Waals surface area contributed by atoms with Crippen molar-refractivity contribution in [2.45, 2.75) is 56.9 Å². The van der Waals surface area contributed by atoms with Crippen LogP contribution < -0.4 is 4.90 Å². The molecule has 31 heavy (non-hydrogen) atoms. The zero-order valence-electron chi connectivity index (χ0n) is 17.6. The third kappa shape index (κ3) is 4.52. The molecule has 4 rings (SSSR count). The van der Waals surface area contributed by atoms with Crippen LogP contribution in [0.15, 0.2) is 24.5 Å². The molecule has 168 valence electrons. The summed E-state index contributed by atoms with van der Waals surface area (Å²) >= 11 is 0. The molecule has 2 amide bonds. The van der Waals surface area contributed by atoms with Gasteiger partial charge in [-0.05, 0) is 31.9 Å². The highest BCUT2D eigenvalue weighted by Crippen LogP contribution is 2.30. The normalized spacial score (nSPS) is 25.5. The van der Waals surface area contributed by atoms with Crippen molar-refractivity contribution < 1.29 is 29.0 Å². The summed E-state index contributed by atoms with van der Waals surface area (Å²) in [5.74, 6) is -0.216. The second-order valence-corrected chi connectivity index (χ2v) is 8.28. The fourth-order valence-electron chi connectivity index (χ4n) is 4.79. The Bertz CT molecular complexity index is 805. The van der Waals surface area contributed by atoms with Gasteiger partial charge < -0.3 is 24.4 Å². The number of rotatable bonds is 4. The van der Waals surface area contributed by atoms with Gasteiger partial charge in [-0.3, -0.25) is 14.7 Å². The molecule has 4 heterocycles. The molecule has 3 aliphatic rings. The van der Waals surface area contributed by atoms with Crippen molar-refractivity contribution in [1.82, 2.24) is 14.8 Å². The standard InChI is InChI=1S/C21H28N4O6/c1-14-18(19(26)24-12-6-17(7-13-24)30-21(28)29)31-20(27)25(14)16-4-10-23(11-5-16)15-2-8-22-9-3-15/h2-3,8-9,14,16-18H,4-7,10-13H2,1H3,(H,28,29). The van der Waals surface area contributed by atoms with Crippen LogP contribution in [0.3, 0.4) is 0 Å². The number of piperidine rings is 2. The number of aromatic nitrogens is 1. The van der Waals surface area contributed by atoms with Gasteiger partial charge in [0.05, 0.1) is 6.04 Å². The number of likely N-dealkylation sites (tertiary alicyclic amines) is 1. The monoisotopic (exact) mass is 432 g/mol. The maximum Gasteiger partial charge on any atom is 0.506 e. The van der Waals surface area contributed by atoms with Gasteiger partial charge in [-0.15, -0.1) is 0 Å². The number of carbonyl (C=O) groups excluding carboxylic acids is 2. The molecule has 2 atom stereocenters. The molecule has 1 aromatic rings. The maximum absolute atomic E-state index is 13.0. The van der Waals surface area contributed by atoms with Crippen molar-refractivity contribution >= 4 is 23.8 Å². The van der Waals surface area contributed by atoms with Gasteiger partial charge in [0.1, 0.15) is 6.10 Å². The Morgan fingerprint density at radius 3 is 2.35 bits per heavy atom. The van der Waals surface area contributed by atoms with Gasteiger partial charge in [0.25, 0.3) is 5.91 Å². The number of pyridine rings is 1. The molecule has 3 saturated heterocycles. The molecule has 0 radical (unpaired) electrons. The summed E-state index contributed by atoms with van der Waals surface area (Å²) < 4.78 is 10.3. The number of cyclic esters (lactones) is 1. The SMILES string of the molecule is CC1C(C(=O)N2CCC(OC(=O)O)CC2)OC(=O)N1C1CCN(c2ccncc2)CC1. The van der Waals surface area contributed by atoms with E-state index >= 15 is 0 Å². The molecule has 3 aliphatic heterocycles. The third-order valence-electron chi connectivity index (χ3n) is 6.47. The molecule has 3 fully saturated rings. The first-order valence-electron chi connectivity index (χ1n) is 10.8. The van der Waals surface area contributed by atoms with E-state index in [2.05, 4.69) is 9.88 Å². The second kappa shape index (κ2) is 8.99. The van der Waals surface area contributed by atoms with Crippen molar-refractivity contribution in [2.75, 3.05) is 31.1 Å². The largest absolute Gasteiger partial charge is 0.506 e. The predicted molar refractivity (Wildman–Crippen MR) is 110 cm³/mol. The smallest absolute Gasteiger partial charge is 0.450 e. The third-order valence-corrected chi connectivity index (χ3v) is 6.47. The van der Waals surface area contributed by atoms with Gasteiger partial charge in [-0.2, -0.15) is 0 Å². The molecule has 0 spiro atoms. The van der Waals surface area contributed by atoms with Crippen LogP contribution in [0, 0.1) is 0 Å². The van der Waals surface area contributed by atoms with Crippen LogP contribution in [-0.2, 0) is 14.3 Å². The Hall–Kier alpha value is -3.04. The Labute approximate surface area is 180 Å². The first kappa shape index (κ1) is 21.2. The Kier molecular flexibility index (Phi) is 6.15. The quantitative estimate of drug-likeness (QED) is 0.719. The van der Waals surface area contributed by atoms with Crippen molar-refractivity contribution in [1.29, 1.82) is 0 Å². The van der Waals surface area contributed by atoms with E-state index in [1.54, 1.807) is 22.2 Å². The van der Waals surface area contributed by atoms with Crippen LogP contribution >= 0.6 is 0 Å². The number of carboxylic acid groups (broad SMARTS) is 1. The molecule has 10 heteroatoms. The minimum Gasteiger partial charge on any atom is -0.450 e. The molecule has 2 unspecified atom stereocenters. The van der Waals surface area contributed by atoms with Crippen LogP contribution in [0.2, 0.25) is 0 Å². The molecule has 0 saturated carbocycles. The van der Waals surface area contributed by atoms with E-state index in [1.807, 2.05) is 19.1 Å². The number of ether oxygens (including phenoxy) is 2. The molecule has 1 aromatic heterocycles. The van der Waals surface area contributed by atoms with E-state index in [1.165, 1.54) is 0 Å². The highest BCUT2D eigenvalue weighted by Gasteiger charge is 2.48. The van der Waals surface area contributed by atoms with E-state index in [9.17, 15) is 14.4 Å². The summed E-state index contributed by atoms with van der Waals surface area (Å²) in [6, 6.07) is 3.65. The Morgan fingerprint density at radius 2 is 1.74 bits per heavy atom. The number of anilines is 1. The lowest BCUT2D eigenvalue weighted by Gasteiger charge is -2.38. The number of amides is 2. The van der Waals surface area contributed by atoms with Gasteiger partial charge in [0, 0.05) is 63.1 Å². The minimum atomic E-state index is -1.30. The number of carbonyl (C=O) groups is 3. The molecule has 10 nitrogen and oxygen atoms in total. The van der Waals surface area contributed by atoms with Crippen molar-refractivity contribution in [3.05, 3.63) is 24.5 Å².